The Morgan fingerprint density at radius 1 is 1.50 bits per heavy atom. The average Bonchev–Trinajstić information content (AvgIpc) is 2.21. The van der Waals surface area contributed by atoms with E-state index >= 15 is 0 Å². The first kappa shape index (κ1) is 13.7. The summed E-state index contributed by atoms with van der Waals surface area (Å²) in [6, 6.07) is 0. The summed E-state index contributed by atoms with van der Waals surface area (Å²) >= 11 is 0. The van der Waals surface area contributed by atoms with Crippen molar-refractivity contribution >= 4 is 10.0 Å². The van der Waals surface area contributed by atoms with Gasteiger partial charge in [0.1, 0.15) is 0 Å². The lowest BCUT2D eigenvalue weighted by Gasteiger charge is -2.34. The predicted molar refractivity (Wildman–Crippen MR) is 64.6 cm³/mol. The molecular weight excluding hydrogens is 226 g/mol. The Morgan fingerprint density at radius 2 is 2.06 bits per heavy atom. The van der Waals surface area contributed by atoms with Crippen LogP contribution in [0.5, 0.6) is 0 Å². The minimum absolute atomic E-state index is 0.0977. The van der Waals surface area contributed by atoms with Crippen molar-refractivity contribution < 1.29 is 13.5 Å². The molecule has 0 atom stereocenters. The summed E-state index contributed by atoms with van der Waals surface area (Å²) < 4.78 is 25.2. The van der Waals surface area contributed by atoms with E-state index in [9.17, 15) is 13.5 Å². The summed E-state index contributed by atoms with van der Waals surface area (Å²) in [5.41, 5.74) is -0.860. The highest BCUT2D eigenvalue weighted by Gasteiger charge is 2.32. The van der Waals surface area contributed by atoms with Gasteiger partial charge in [-0.3, -0.25) is 0 Å². The summed E-state index contributed by atoms with van der Waals surface area (Å²) in [6.07, 6.45) is 4.60. The van der Waals surface area contributed by atoms with Gasteiger partial charge in [-0.05, 0) is 31.6 Å². The van der Waals surface area contributed by atoms with E-state index in [4.69, 9.17) is 0 Å². The van der Waals surface area contributed by atoms with Gasteiger partial charge in [-0.25, -0.2) is 13.1 Å². The highest BCUT2D eigenvalue weighted by atomic mass is 32.2. The summed E-state index contributed by atoms with van der Waals surface area (Å²) in [4.78, 5) is 0. The van der Waals surface area contributed by atoms with Gasteiger partial charge < -0.3 is 5.11 Å². The molecule has 94 valence electrons. The zero-order valence-electron chi connectivity index (χ0n) is 9.78. The van der Waals surface area contributed by atoms with E-state index in [1.807, 2.05) is 0 Å². The van der Waals surface area contributed by atoms with Crippen molar-refractivity contribution in [1.29, 1.82) is 0 Å². The average molecular weight is 247 g/mol. The number of hydrogen-bond acceptors (Lipinski definition) is 3. The molecule has 0 radical (unpaired) electrons. The third-order valence-electron chi connectivity index (χ3n) is 3.16. The second-order valence-electron chi connectivity index (χ2n) is 4.80. The van der Waals surface area contributed by atoms with E-state index < -0.39 is 15.6 Å². The van der Waals surface area contributed by atoms with E-state index in [-0.39, 0.29) is 12.3 Å². The molecule has 1 aliphatic rings. The van der Waals surface area contributed by atoms with E-state index in [0.29, 0.717) is 18.8 Å². The maximum atomic E-state index is 11.4. The van der Waals surface area contributed by atoms with Crippen molar-refractivity contribution in [3.8, 4) is 0 Å². The van der Waals surface area contributed by atoms with E-state index in [1.165, 1.54) is 6.08 Å². The van der Waals surface area contributed by atoms with Crippen molar-refractivity contribution in [2.45, 2.75) is 38.2 Å². The topological polar surface area (TPSA) is 66.4 Å². The van der Waals surface area contributed by atoms with Crippen LogP contribution in [0, 0.1) is 5.92 Å². The van der Waals surface area contributed by atoms with Crippen molar-refractivity contribution in [1.82, 2.24) is 4.72 Å². The van der Waals surface area contributed by atoms with Crippen LogP contribution < -0.4 is 4.72 Å². The molecule has 5 heteroatoms. The Balaban J connectivity index is 2.45. The zero-order valence-corrected chi connectivity index (χ0v) is 10.6. The van der Waals surface area contributed by atoms with Crippen LogP contribution in [-0.2, 0) is 10.0 Å². The quantitative estimate of drug-likeness (QED) is 0.713. The van der Waals surface area contributed by atoms with Crippen molar-refractivity contribution in [3.05, 3.63) is 12.7 Å². The minimum Gasteiger partial charge on any atom is -0.389 e. The van der Waals surface area contributed by atoms with Crippen LogP contribution in [0.25, 0.3) is 0 Å². The van der Waals surface area contributed by atoms with Gasteiger partial charge in [0.25, 0.3) is 0 Å². The SMILES string of the molecule is C=CCS(=O)(=O)NCC1(O)CCC(C)CC1. The van der Waals surface area contributed by atoms with Crippen LogP contribution in [0.15, 0.2) is 12.7 Å². The second-order valence-corrected chi connectivity index (χ2v) is 6.65. The fourth-order valence-electron chi connectivity index (χ4n) is 1.93. The van der Waals surface area contributed by atoms with E-state index in [1.54, 1.807) is 0 Å². The lowest BCUT2D eigenvalue weighted by atomic mass is 9.80. The Kier molecular flexibility index (Phi) is 4.52. The molecular formula is C11H21NO3S. The first-order valence-corrected chi connectivity index (χ1v) is 7.33. The Bertz CT molecular complexity index is 329. The van der Waals surface area contributed by atoms with Crippen molar-refractivity contribution in [2.24, 2.45) is 5.92 Å². The van der Waals surface area contributed by atoms with Crippen LogP contribution in [0.3, 0.4) is 0 Å². The zero-order chi connectivity index (χ0) is 12.2. The van der Waals surface area contributed by atoms with Crippen LogP contribution in [0.1, 0.15) is 32.6 Å². The summed E-state index contributed by atoms with van der Waals surface area (Å²) in [5.74, 6) is 0.532. The van der Waals surface area contributed by atoms with E-state index in [0.717, 1.165) is 12.8 Å². The minimum atomic E-state index is -3.31. The smallest absolute Gasteiger partial charge is 0.215 e. The lowest BCUT2D eigenvalue weighted by molar-refractivity contribution is -0.00181. The van der Waals surface area contributed by atoms with Gasteiger partial charge in [-0.15, -0.1) is 6.58 Å². The van der Waals surface area contributed by atoms with Gasteiger partial charge in [0.2, 0.25) is 10.0 Å². The van der Waals surface area contributed by atoms with Crippen LogP contribution in [0.2, 0.25) is 0 Å². The van der Waals surface area contributed by atoms with Gasteiger partial charge >= 0.3 is 0 Å². The molecule has 2 N–H and O–H groups in total. The molecule has 0 unspecified atom stereocenters. The van der Waals surface area contributed by atoms with Gasteiger partial charge in [-0.2, -0.15) is 0 Å². The van der Waals surface area contributed by atoms with Crippen LogP contribution in [0.4, 0.5) is 0 Å². The molecule has 16 heavy (non-hydrogen) atoms. The third kappa shape index (κ3) is 4.23. The molecule has 0 heterocycles. The maximum absolute atomic E-state index is 11.4. The first-order chi connectivity index (χ1) is 7.37. The first-order valence-electron chi connectivity index (χ1n) is 5.67. The molecule has 0 saturated heterocycles. The summed E-state index contributed by atoms with van der Waals surface area (Å²) in [5, 5.41) is 10.2. The highest BCUT2D eigenvalue weighted by molar-refractivity contribution is 7.89. The molecule has 1 rings (SSSR count). The maximum Gasteiger partial charge on any atom is 0.215 e. The second kappa shape index (κ2) is 5.29. The third-order valence-corrected chi connectivity index (χ3v) is 4.42. The molecule has 1 fully saturated rings. The molecule has 0 aliphatic heterocycles. The van der Waals surface area contributed by atoms with Gasteiger partial charge in [0.05, 0.1) is 11.4 Å². The van der Waals surface area contributed by atoms with Gasteiger partial charge in [-0.1, -0.05) is 13.0 Å². The molecule has 1 saturated carbocycles. The van der Waals surface area contributed by atoms with Crippen molar-refractivity contribution in [3.63, 3.8) is 0 Å². The Morgan fingerprint density at radius 3 is 2.56 bits per heavy atom. The molecule has 1 aliphatic carbocycles. The lowest BCUT2D eigenvalue weighted by Crippen LogP contribution is -2.45. The largest absolute Gasteiger partial charge is 0.389 e. The molecule has 0 amide bonds. The van der Waals surface area contributed by atoms with Gasteiger partial charge in [0, 0.05) is 6.54 Å². The van der Waals surface area contributed by atoms with Crippen LogP contribution in [-0.4, -0.2) is 31.4 Å². The van der Waals surface area contributed by atoms with Crippen molar-refractivity contribution in [2.75, 3.05) is 12.3 Å². The van der Waals surface area contributed by atoms with Gasteiger partial charge in [0.15, 0.2) is 0 Å². The molecule has 0 spiro atoms. The molecule has 0 aromatic heterocycles. The molecule has 0 aromatic rings. The van der Waals surface area contributed by atoms with E-state index in [2.05, 4.69) is 18.2 Å². The fraction of sp³-hybridized carbons (Fsp3) is 0.818. The number of aliphatic hydroxyl groups is 1. The number of sulfonamides is 1. The standard InChI is InChI=1S/C11H21NO3S/c1-3-8-16(14,15)12-9-11(13)6-4-10(2)5-7-11/h3,10,12-13H,1,4-9H2,2H3. The molecule has 4 nitrogen and oxygen atoms in total. The van der Waals surface area contributed by atoms with Crippen LogP contribution >= 0.6 is 0 Å². The normalized spacial score (nSPS) is 31.2. The number of hydrogen-bond donors (Lipinski definition) is 2. The fourth-order valence-corrected chi connectivity index (χ4v) is 2.85. The molecule has 0 aromatic carbocycles. The molecule has 0 bridgehead atoms. The highest BCUT2D eigenvalue weighted by Crippen LogP contribution is 2.31. The Labute approximate surface area is 97.8 Å². The predicted octanol–water partition coefficient (Wildman–Crippen LogP) is 1.03. The summed E-state index contributed by atoms with van der Waals surface area (Å²) in [6.45, 7) is 5.66. The Hall–Kier alpha value is -0.390. The number of rotatable bonds is 5. The summed E-state index contributed by atoms with van der Waals surface area (Å²) in [7, 11) is -3.31. The monoisotopic (exact) mass is 247 g/mol. The number of nitrogens with one attached hydrogen (secondary N) is 1.